The summed E-state index contributed by atoms with van der Waals surface area (Å²) in [6, 6.07) is 0. The lowest BCUT2D eigenvalue weighted by molar-refractivity contribution is 0.0590. The highest BCUT2D eigenvalue weighted by Crippen LogP contribution is 2.38. The van der Waals surface area contributed by atoms with E-state index in [9.17, 15) is 0 Å². The maximum atomic E-state index is 5.79. The first kappa shape index (κ1) is 16.3. The molecular weight excluding hydrogens is 248 g/mol. The Hall–Kier alpha value is -0.120. The predicted octanol–water partition coefficient (Wildman–Crippen LogP) is 2.90. The van der Waals surface area contributed by atoms with Crippen molar-refractivity contribution >= 4 is 0 Å². The summed E-state index contributed by atoms with van der Waals surface area (Å²) in [4.78, 5) is 2.67. The number of hydrogen-bond donors (Lipinski definition) is 1. The van der Waals surface area contributed by atoms with Gasteiger partial charge in [0.25, 0.3) is 0 Å². The zero-order valence-electron chi connectivity index (χ0n) is 13.8. The van der Waals surface area contributed by atoms with E-state index in [0.717, 1.165) is 25.6 Å². The molecule has 0 spiro atoms. The molecule has 0 bridgehead atoms. The molecule has 0 aromatic rings. The van der Waals surface area contributed by atoms with E-state index >= 15 is 0 Å². The van der Waals surface area contributed by atoms with E-state index in [1.54, 1.807) is 0 Å². The fourth-order valence-corrected chi connectivity index (χ4v) is 3.84. The van der Waals surface area contributed by atoms with Gasteiger partial charge in [0.1, 0.15) is 0 Å². The Balaban J connectivity index is 1.87. The van der Waals surface area contributed by atoms with Gasteiger partial charge in [0.05, 0.1) is 6.10 Å². The van der Waals surface area contributed by atoms with Crippen molar-refractivity contribution in [3.63, 3.8) is 0 Å². The molecule has 3 heteroatoms. The van der Waals surface area contributed by atoms with Gasteiger partial charge in [0, 0.05) is 32.8 Å². The van der Waals surface area contributed by atoms with Crippen LogP contribution in [0.3, 0.4) is 0 Å². The van der Waals surface area contributed by atoms with E-state index in [2.05, 4.69) is 31.0 Å². The minimum absolute atomic E-state index is 0.402. The van der Waals surface area contributed by atoms with Crippen LogP contribution < -0.4 is 5.32 Å². The standard InChI is InChI=1S/C17H34N2O/c1-15(2)11-18-13-17(7-4-5-8-17)14-19-9-6-10-20-16(3)12-19/h15-16,18H,4-14H2,1-3H3. The minimum Gasteiger partial charge on any atom is -0.377 e. The number of rotatable bonds is 6. The van der Waals surface area contributed by atoms with Crippen molar-refractivity contribution < 1.29 is 4.74 Å². The summed E-state index contributed by atoms with van der Waals surface area (Å²) in [5.41, 5.74) is 0.527. The summed E-state index contributed by atoms with van der Waals surface area (Å²) in [5, 5.41) is 3.73. The second-order valence-electron chi connectivity index (χ2n) is 7.50. The van der Waals surface area contributed by atoms with E-state index < -0.39 is 0 Å². The maximum absolute atomic E-state index is 5.79. The zero-order chi connectivity index (χ0) is 14.4. The Morgan fingerprint density at radius 2 is 2.00 bits per heavy atom. The molecule has 1 N–H and O–H groups in total. The quantitative estimate of drug-likeness (QED) is 0.811. The second-order valence-corrected chi connectivity index (χ2v) is 7.50. The largest absolute Gasteiger partial charge is 0.377 e. The van der Waals surface area contributed by atoms with Crippen LogP contribution in [0.1, 0.15) is 52.9 Å². The van der Waals surface area contributed by atoms with Gasteiger partial charge in [-0.3, -0.25) is 0 Å². The number of hydrogen-bond acceptors (Lipinski definition) is 3. The van der Waals surface area contributed by atoms with Gasteiger partial charge in [-0.1, -0.05) is 26.7 Å². The predicted molar refractivity (Wildman–Crippen MR) is 85.1 cm³/mol. The van der Waals surface area contributed by atoms with Crippen LogP contribution in [0.2, 0.25) is 0 Å². The van der Waals surface area contributed by atoms with Crippen molar-refractivity contribution in [1.82, 2.24) is 10.2 Å². The molecule has 1 heterocycles. The lowest BCUT2D eigenvalue weighted by Crippen LogP contribution is -2.45. The highest BCUT2D eigenvalue weighted by molar-refractivity contribution is 4.90. The van der Waals surface area contributed by atoms with E-state index in [1.807, 2.05) is 0 Å². The fraction of sp³-hybridized carbons (Fsp3) is 1.00. The first-order valence-corrected chi connectivity index (χ1v) is 8.64. The Morgan fingerprint density at radius 1 is 1.25 bits per heavy atom. The SMILES string of the molecule is CC(C)CNCC1(CN2CCCOC(C)C2)CCCC1. The van der Waals surface area contributed by atoms with Gasteiger partial charge in [-0.05, 0) is 44.1 Å². The molecule has 2 fully saturated rings. The summed E-state index contributed by atoms with van der Waals surface area (Å²) < 4.78 is 5.79. The molecule has 1 saturated heterocycles. The molecule has 1 unspecified atom stereocenters. The van der Waals surface area contributed by atoms with Crippen LogP contribution in [-0.2, 0) is 4.74 Å². The first-order chi connectivity index (χ1) is 9.60. The van der Waals surface area contributed by atoms with Crippen molar-refractivity contribution in [1.29, 1.82) is 0 Å². The molecule has 1 aliphatic heterocycles. The monoisotopic (exact) mass is 282 g/mol. The summed E-state index contributed by atoms with van der Waals surface area (Å²) >= 11 is 0. The lowest BCUT2D eigenvalue weighted by Gasteiger charge is -2.36. The molecule has 118 valence electrons. The molecular formula is C17H34N2O. The number of nitrogens with zero attached hydrogens (tertiary/aromatic N) is 1. The Labute approximate surface area is 125 Å². The molecule has 3 nitrogen and oxygen atoms in total. The molecule has 2 aliphatic rings. The van der Waals surface area contributed by atoms with Crippen LogP contribution in [0.25, 0.3) is 0 Å². The van der Waals surface area contributed by atoms with E-state index in [0.29, 0.717) is 11.5 Å². The van der Waals surface area contributed by atoms with Crippen molar-refractivity contribution in [2.24, 2.45) is 11.3 Å². The Morgan fingerprint density at radius 3 is 2.70 bits per heavy atom. The zero-order valence-corrected chi connectivity index (χ0v) is 13.8. The number of nitrogens with one attached hydrogen (secondary N) is 1. The average Bonchev–Trinajstić information content (AvgIpc) is 2.73. The molecule has 1 saturated carbocycles. The molecule has 20 heavy (non-hydrogen) atoms. The molecule has 1 aliphatic carbocycles. The van der Waals surface area contributed by atoms with Crippen molar-refractivity contribution in [3.8, 4) is 0 Å². The van der Waals surface area contributed by atoms with E-state index in [4.69, 9.17) is 4.74 Å². The third-order valence-corrected chi connectivity index (χ3v) is 4.81. The first-order valence-electron chi connectivity index (χ1n) is 8.64. The Kier molecular flexibility index (Phi) is 6.31. The summed E-state index contributed by atoms with van der Waals surface area (Å²) in [5.74, 6) is 0.750. The fourth-order valence-electron chi connectivity index (χ4n) is 3.84. The third kappa shape index (κ3) is 5.01. The van der Waals surface area contributed by atoms with Crippen LogP contribution in [0.15, 0.2) is 0 Å². The minimum atomic E-state index is 0.402. The highest BCUT2D eigenvalue weighted by Gasteiger charge is 2.35. The van der Waals surface area contributed by atoms with Crippen molar-refractivity contribution in [3.05, 3.63) is 0 Å². The van der Waals surface area contributed by atoms with Gasteiger partial charge >= 0.3 is 0 Å². The molecule has 0 amide bonds. The summed E-state index contributed by atoms with van der Waals surface area (Å²) in [7, 11) is 0. The van der Waals surface area contributed by atoms with Crippen LogP contribution in [-0.4, -0.2) is 50.3 Å². The van der Waals surface area contributed by atoms with Crippen molar-refractivity contribution in [2.75, 3.05) is 39.3 Å². The van der Waals surface area contributed by atoms with Gasteiger partial charge in [-0.2, -0.15) is 0 Å². The normalized spacial score (nSPS) is 27.9. The number of ether oxygens (including phenoxy) is 1. The molecule has 2 rings (SSSR count). The summed E-state index contributed by atoms with van der Waals surface area (Å²) in [6.45, 7) is 13.7. The van der Waals surface area contributed by atoms with Crippen molar-refractivity contribution in [2.45, 2.75) is 59.0 Å². The van der Waals surface area contributed by atoms with Crippen LogP contribution in [0.4, 0.5) is 0 Å². The smallest absolute Gasteiger partial charge is 0.0673 e. The lowest BCUT2D eigenvalue weighted by atomic mass is 9.85. The third-order valence-electron chi connectivity index (χ3n) is 4.81. The van der Waals surface area contributed by atoms with Crippen LogP contribution in [0, 0.1) is 11.3 Å². The van der Waals surface area contributed by atoms with Gasteiger partial charge in [-0.15, -0.1) is 0 Å². The molecule has 0 aromatic carbocycles. The van der Waals surface area contributed by atoms with Gasteiger partial charge < -0.3 is 15.0 Å². The molecule has 0 aromatic heterocycles. The van der Waals surface area contributed by atoms with Crippen LogP contribution in [0.5, 0.6) is 0 Å². The Bertz CT molecular complexity index is 274. The molecule has 1 atom stereocenters. The molecule has 0 radical (unpaired) electrons. The highest BCUT2D eigenvalue weighted by atomic mass is 16.5. The summed E-state index contributed by atoms with van der Waals surface area (Å²) in [6.07, 6.45) is 7.25. The second kappa shape index (κ2) is 7.77. The van der Waals surface area contributed by atoms with Crippen LogP contribution >= 0.6 is 0 Å². The van der Waals surface area contributed by atoms with Gasteiger partial charge in [0.2, 0.25) is 0 Å². The average molecular weight is 282 g/mol. The topological polar surface area (TPSA) is 24.5 Å². The van der Waals surface area contributed by atoms with Gasteiger partial charge in [-0.25, -0.2) is 0 Å². The maximum Gasteiger partial charge on any atom is 0.0673 e. The van der Waals surface area contributed by atoms with E-state index in [1.165, 1.54) is 51.7 Å². The van der Waals surface area contributed by atoms with Gasteiger partial charge in [0.15, 0.2) is 0 Å². The van der Waals surface area contributed by atoms with E-state index in [-0.39, 0.29) is 0 Å².